The average Bonchev–Trinajstić information content (AvgIpc) is 3.38. The van der Waals surface area contributed by atoms with Gasteiger partial charge in [0.1, 0.15) is 23.5 Å². The number of fused-ring (bicyclic) bond motifs is 3. The molecule has 3 heterocycles. The molecule has 0 saturated heterocycles. The summed E-state index contributed by atoms with van der Waals surface area (Å²) < 4.78 is 20.3. The van der Waals surface area contributed by atoms with E-state index in [2.05, 4.69) is 9.97 Å². The van der Waals surface area contributed by atoms with Gasteiger partial charge in [-0.3, -0.25) is 14.2 Å². The zero-order chi connectivity index (χ0) is 22.2. The number of rotatable bonds is 5. The fourth-order valence-electron chi connectivity index (χ4n) is 3.55. The van der Waals surface area contributed by atoms with Crippen LogP contribution in [0.25, 0.3) is 22.1 Å². The number of anilines is 1. The molecular weight excluding hydrogens is 431 g/mol. The monoisotopic (exact) mass is 448 g/mol. The molecule has 0 aliphatic rings. The van der Waals surface area contributed by atoms with Crippen LogP contribution in [0, 0.1) is 12.7 Å². The highest BCUT2D eigenvalue weighted by atomic mass is 32.1. The maximum absolute atomic E-state index is 13.4. The number of amides is 1. The molecule has 9 heteroatoms. The molecule has 0 radical (unpaired) electrons. The van der Waals surface area contributed by atoms with Gasteiger partial charge in [-0.15, -0.1) is 11.3 Å². The largest absolute Gasteiger partial charge is 0.448 e. The van der Waals surface area contributed by atoms with Crippen LogP contribution in [0.2, 0.25) is 0 Å². The van der Waals surface area contributed by atoms with Crippen molar-refractivity contribution in [2.45, 2.75) is 20.0 Å². The van der Waals surface area contributed by atoms with Crippen LogP contribution in [0.5, 0.6) is 0 Å². The van der Waals surface area contributed by atoms with E-state index < -0.39 is 11.4 Å². The molecule has 32 heavy (non-hydrogen) atoms. The highest BCUT2D eigenvalue weighted by Crippen LogP contribution is 2.24. The number of hydrogen-bond acceptors (Lipinski definition) is 6. The molecule has 5 rings (SSSR count). The molecular formula is C23H17FN4O3S. The van der Waals surface area contributed by atoms with Crippen molar-refractivity contribution in [1.82, 2.24) is 14.5 Å². The van der Waals surface area contributed by atoms with Gasteiger partial charge in [-0.05, 0) is 43.3 Å². The number of furan rings is 1. The molecule has 3 aromatic heterocycles. The average molecular weight is 448 g/mol. The van der Waals surface area contributed by atoms with Crippen LogP contribution >= 0.6 is 11.3 Å². The van der Waals surface area contributed by atoms with Crippen LogP contribution in [0.15, 0.2) is 69.5 Å². The van der Waals surface area contributed by atoms with Gasteiger partial charge in [0.05, 0.1) is 23.6 Å². The van der Waals surface area contributed by atoms with Crippen LogP contribution < -0.4 is 10.5 Å². The van der Waals surface area contributed by atoms with Gasteiger partial charge in [0.15, 0.2) is 0 Å². The quantitative estimate of drug-likeness (QED) is 0.401. The lowest BCUT2D eigenvalue weighted by Gasteiger charge is -2.22. The van der Waals surface area contributed by atoms with E-state index in [1.165, 1.54) is 51.4 Å². The predicted molar refractivity (Wildman–Crippen MR) is 120 cm³/mol. The van der Waals surface area contributed by atoms with Crippen molar-refractivity contribution in [1.29, 1.82) is 0 Å². The summed E-state index contributed by atoms with van der Waals surface area (Å²) in [5.41, 5.74) is 1.90. The van der Waals surface area contributed by atoms with Crippen molar-refractivity contribution in [2.75, 3.05) is 4.90 Å². The molecule has 7 nitrogen and oxygen atoms in total. The van der Waals surface area contributed by atoms with E-state index in [9.17, 15) is 14.0 Å². The van der Waals surface area contributed by atoms with Crippen molar-refractivity contribution >= 4 is 45.0 Å². The van der Waals surface area contributed by atoms with Gasteiger partial charge >= 0.3 is 0 Å². The molecule has 160 valence electrons. The molecule has 0 N–H and O–H groups in total. The van der Waals surface area contributed by atoms with Crippen molar-refractivity contribution in [3.63, 3.8) is 0 Å². The summed E-state index contributed by atoms with van der Waals surface area (Å²) in [4.78, 5) is 36.5. The highest BCUT2D eigenvalue weighted by Gasteiger charge is 2.20. The number of benzene rings is 2. The lowest BCUT2D eigenvalue weighted by molar-refractivity contribution is -0.119. The van der Waals surface area contributed by atoms with Gasteiger partial charge in [-0.2, -0.15) is 0 Å². The van der Waals surface area contributed by atoms with Gasteiger partial charge in [-0.1, -0.05) is 12.1 Å². The number of para-hydroxylation sites is 1. The van der Waals surface area contributed by atoms with Gasteiger partial charge in [-0.25, -0.2) is 14.4 Å². The zero-order valence-corrected chi connectivity index (χ0v) is 17.8. The highest BCUT2D eigenvalue weighted by molar-refractivity contribution is 7.09. The van der Waals surface area contributed by atoms with Gasteiger partial charge < -0.3 is 9.32 Å². The Balaban J connectivity index is 1.50. The summed E-state index contributed by atoms with van der Waals surface area (Å²) in [7, 11) is 0. The van der Waals surface area contributed by atoms with Crippen LogP contribution in [0.4, 0.5) is 10.1 Å². The predicted octanol–water partition coefficient (Wildman–Crippen LogP) is 4.28. The molecule has 0 saturated carbocycles. The number of aromatic nitrogens is 3. The standard InChI is InChI=1S/C23H17FN4O3S/c1-14-26-16(12-32-14)10-28(17-8-6-15(24)7-9-17)20(29)11-27-13-25-21-18-4-2-3-5-19(18)31-22(21)23(27)30/h2-9,12-13H,10-11H2,1H3. The Morgan fingerprint density at radius 1 is 1.19 bits per heavy atom. The van der Waals surface area contributed by atoms with Crippen LogP contribution in [-0.2, 0) is 17.9 Å². The number of halogens is 1. The van der Waals surface area contributed by atoms with Gasteiger partial charge in [0.2, 0.25) is 11.5 Å². The second-order valence-electron chi connectivity index (χ2n) is 7.27. The molecule has 2 aromatic carbocycles. The molecule has 0 fully saturated rings. The van der Waals surface area contributed by atoms with E-state index >= 15 is 0 Å². The Hall–Kier alpha value is -3.85. The molecule has 0 unspecified atom stereocenters. The third kappa shape index (κ3) is 3.67. The summed E-state index contributed by atoms with van der Waals surface area (Å²) in [5.74, 6) is -0.761. The number of carbonyl (C=O) groups is 1. The molecule has 0 spiro atoms. The fourth-order valence-corrected chi connectivity index (χ4v) is 4.15. The summed E-state index contributed by atoms with van der Waals surface area (Å²) >= 11 is 1.48. The first-order chi connectivity index (χ1) is 15.5. The molecule has 0 bridgehead atoms. The number of carbonyl (C=O) groups excluding carboxylic acids is 1. The first-order valence-electron chi connectivity index (χ1n) is 9.83. The summed E-state index contributed by atoms with van der Waals surface area (Å²) in [6, 6.07) is 12.9. The minimum absolute atomic E-state index is 0.102. The number of thiazole rings is 1. The topological polar surface area (TPSA) is 81.2 Å². The zero-order valence-electron chi connectivity index (χ0n) is 17.0. The molecule has 5 aromatic rings. The maximum Gasteiger partial charge on any atom is 0.297 e. The summed E-state index contributed by atoms with van der Waals surface area (Å²) in [5, 5.41) is 3.49. The number of hydrogen-bond donors (Lipinski definition) is 0. The van der Waals surface area contributed by atoms with E-state index in [1.54, 1.807) is 6.07 Å². The summed E-state index contributed by atoms with van der Waals surface area (Å²) in [6.45, 7) is 1.83. The maximum atomic E-state index is 13.4. The Labute approximate surface area is 185 Å². The second-order valence-corrected chi connectivity index (χ2v) is 8.33. The minimum atomic E-state index is -0.442. The lowest BCUT2D eigenvalue weighted by atomic mass is 10.2. The number of aryl methyl sites for hydroxylation is 1. The molecule has 0 aliphatic heterocycles. The minimum Gasteiger partial charge on any atom is -0.448 e. The van der Waals surface area contributed by atoms with Crippen LogP contribution in [-0.4, -0.2) is 20.4 Å². The first kappa shape index (κ1) is 20.1. The van der Waals surface area contributed by atoms with Gasteiger partial charge in [0, 0.05) is 16.5 Å². The van der Waals surface area contributed by atoms with Crippen molar-refractivity contribution in [3.05, 3.63) is 87.1 Å². The van der Waals surface area contributed by atoms with E-state index in [1.807, 2.05) is 30.5 Å². The van der Waals surface area contributed by atoms with E-state index in [0.717, 1.165) is 10.4 Å². The molecule has 0 aliphatic carbocycles. The fraction of sp³-hybridized carbons (Fsp3) is 0.130. The Bertz CT molecular complexity index is 1500. The van der Waals surface area contributed by atoms with E-state index in [4.69, 9.17) is 4.42 Å². The summed E-state index contributed by atoms with van der Waals surface area (Å²) in [6.07, 6.45) is 1.35. The van der Waals surface area contributed by atoms with Crippen molar-refractivity contribution in [2.24, 2.45) is 0 Å². The number of nitrogens with zero attached hydrogens (tertiary/aromatic N) is 4. The Morgan fingerprint density at radius 2 is 1.97 bits per heavy atom. The van der Waals surface area contributed by atoms with Crippen LogP contribution in [0.1, 0.15) is 10.7 Å². The van der Waals surface area contributed by atoms with Gasteiger partial charge in [0.25, 0.3) is 5.56 Å². The van der Waals surface area contributed by atoms with Crippen molar-refractivity contribution in [3.8, 4) is 0 Å². The van der Waals surface area contributed by atoms with Crippen LogP contribution in [0.3, 0.4) is 0 Å². The SMILES string of the molecule is Cc1nc(CN(C(=O)Cn2cnc3c(oc4ccccc43)c2=O)c2ccc(F)cc2)cs1. The Kier molecular flexibility index (Phi) is 5.02. The molecule has 1 amide bonds. The second kappa shape index (κ2) is 8.01. The van der Waals surface area contributed by atoms with E-state index in [0.29, 0.717) is 22.5 Å². The third-order valence-electron chi connectivity index (χ3n) is 5.08. The first-order valence-corrected chi connectivity index (χ1v) is 10.7. The van der Waals surface area contributed by atoms with E-state index in [-0.39, 0.29) is 24.6 Å². The third-order valence-corrected chi connectivity index (χ3v) is 5.90. The lowest BCUT2D eigenvalue weighted by Crippen LogP contribution is -2.36. The smallest absolute Gasteiger partial charge is 0.297 e. The Morgan fingerprint density at radius 3 is 2.72 bits per heavy atom. The normalized spacial score (nSPS) is 11.3. The molecule has 0 atom stereocenters. The van der Waals surface area contributed by atoms with Crippen molar-refractivity contribution < 1.29 is 13.6 Å².